The smallest absolute Gasteiger partial charge is 0.250 e. The van der Waals surface area contributed by atoms with Gasteiger partial charge in [-0.25, -0.2) is 0 Å². The van der Waals surface area contributed by atoms with Crippen molar-refractivity contribution >= 4 is 35.0 Å². The van der Waals surface area contributed by atoms with Crippen LogP contribution in [0.1, 0.15) is 31.7 Å². The summed E-state index contributed by atoms with van der Waals surface area (Å²) in [5.41, 5.74) is 1.58. The number of carbonyl (C=O) groups excluding carboxylic acids is 2. The summed E-state index contributed by atoms with van der Waals surface area (Å²) in [7, 11) is 0. The van der Waals surface area contributed by atoms with E-state index in [-0.39, 0.29) is 11.8 Å². The Hall–Kier alpha value is -2.04. The number of likely N-dealkylation sites (tertiary alicyclic amines) is 1. The summed E-state index contributed by atoms with van der Waals surface area (Å²) in [4.78, 5) is 27.2. The van der Waals surface area contributed by atoms with Crippen molar-refractivity contribution < 1.29 is 9.59 Å². The van der Waals surface area contributed by atoms with E-state index in [4.69, 9.17) is 23.2 Å². The molecule has 0 aromatic heterocycles. The van der Waals surface area contributed by atoms with Crippen LogP contribution in [0.5, 0.6) is 0 Å². The van der Waals surface area contributed by atoms with Gasteiger partial charge in [0.05, 0.1) is 0 Å². The van der Waals surface area contributed by atoms with Gasteiger partial charge in [0.15, 0.2) is 0 Å². The van der Waals surface area contributed by atoms with Gasteiger partial charge in [-0.15, -0.1) is 0 Å². The van der Waals surface area contributed by atoms with Crippen molar-refractivity contribution in [2.24, 2.45) is 0 Å². The van der Waals surface area contributed by atoms with Crippen LogP contribution < -0.4 is 5.32 Å². The van der Waals surface area contributed by atoms with Crippen LogP contribution in [0, 0.1) is 0 Å². The van der Waals surface area contributed by atoms with E-state index >= 15 is 0 Å². The predicted octanol–water partition coefficient (Wildman–Crippen LogP) is 4.59. The number of amides is 2. The lowest BCUT2D eigenvalue weighted by Crippen LogP contribution is -2.46. The van der Waals surface area contributed by atoms with Gasteiger partial charge in [0.1, 0.15) is 6.04 Å². The van der Waals surface area contributed by atoms with Crippen LogP contribution in [0.25, 0.3) is 0 Å². The molecule has 1 N–H and O–H groups in total. The Bertz CT molecular complexity index is 754. The summed E-state index contributed by atoms with van der Waals surface area (Å²) in [6, 6.07) is 6.86. The average Bonchev–Trinajstić information content (AvgIpc) is 3.17. The molecule has 1 aromatic carbocycles. The van der Waals surface area contributed by atoms with Gasteiger partial charge in [-0.1, -0.05) is 61.0 Å². The van der Waals surface area contributed by atoms with Crippen LogP contribution >= 0.6 is 23.2 Å². The summed E-state index contributed by atoms with van der Waals surface area (Å²) in [6.45, 7) is 6.48. The molecule has 2 amide bonds. The summed E-state index contributed by atoms with van der Waals surface area (Å²) < 4.78 is 0. The van der Waals surface area contributed by atoms with Crippen LogP contribution in [-0.4, -0.2) is 29.3 Å². The van der Waals surface area contributed by atoms with E-state index in [0.717, 1.165) is 12.0 Å². The van der Waals surface area contributed by atoms with E-state index in [2.05, 4.69) is 11.9 Å². The van der Waals surface area contributed by atoms with Crippen LogP contribution in [-0.2, 0) is 16.1 Å². The minimum atomic E-state index is -0.446. The van der Waals surface area contributed by atoms with E-state index in [1.54, 1.807) is 29.2 Å². The molecule has 1 fully saturated rings. The molecule has 1 atom stereocenters. The van der Waals surface area contributed by atoms with Gasteiger partial charge in [0.25, 0.3) is 0 Å². The fourth-order valence-electron chi connectivity index (χ4n) is 2.96. The molecule has 1 aliphatic rings. The fourth-order valence-corrected chi connectivity index (χ4v) is 3.15. The van der Waals surface area contributed by atoms with Gasteiger partial charge in [0, 0.05) is 28.7 Å². The highest BCUT2D eigenvalue weighted by molar-refractivity contribution is 6.31. The van der Waals surface area contributed by atoms with Crippen LogP contribution in [0.2, 0.25) is 5.02 Å². The van der Waals surface area contributed by atoms with Crippen LogP contribution in [0.15, 0.2) is 59.7 Å². The van der Waals surface area contributed by atoms with Crippen molar-refractivity contribution in [3.05, 3.63) is 70.3 Å². The number of hydrogen-bond acceptors (Lipinski definition) is 2. The van der Waals surface area contributed by atoms with Crippen molar-refractivity contribution in [2.45, 2.75) is 38.8 Å². The molecular weight excluding hydrogens is 383 g/mol. The van der Waals surface area contributed by atoms with Crippen molar-refractivity contribution in [3.63, 3.8) is 0 Å². The molecule has 1 heterocycles. The minimum Gasteiger partial charge on any atom is -0.350 e. The highest BCUT2D eigenvalue weighted by Gasteiger charge is 2.34. The molecule has 0 bridgehead atoms. The highest BCUT2D eigenvalue weighted by Crippen LogP contribution is 2.21. The van der Waals surface area contributed by atoms with E-state index in [1.807, 2.05) is 19.1 Å². The molecule has 0 saturated carbocycles. The molecule has 27 heavy (non-hydrogen) atoms. The molecular formula is C21H24Cl2N2O2. The quantitative estimate of drug-likeness (QED) is 0.531. The lowest BCUT2D eigenvalue weighted by molar-refractivity contribution is -0.135. The first-order valence-corrected chi connectivity index (χ1v) is 9.73. The van der Waals surface area contributed by atoms with E-state index < -0.39 is 6.04 Å². The molecule has 4 nitrogen and oxygen atoms in total. The van der Waals surface area contributed by atoms with Gasteiger partial charge in [-0.3, -0.25) is 9.59 Å². The van der Waals surface area contributed by atoms with Gasteiger partial charge in [-0.2, -0.15) is 0 Å². The molecule has 0 radical (unpaired) electrons. The van der Waals surface area contributed by atoms with Gasteiger partial charge in [0.2, 0.25) is 11.8 Å². The molecule has 144 valence electrons. The second kappa shape index (κ2) is 10.3. The Morgan fingerprint density at radius 3 is 2.63 bits per heavy atom. The molecule has 1 aliphatic heterocycles. The lowest BCUT2D eigenvalue weighted by Gasteiger charge is -2.25. The Morgan fingerprint density at radius 2 is 2.00 bits per heavy atom. The minimum absolute atomic E-state index is 0.119. The molecule has 1 unspecified atom stereocenters. The molecule has 2 rings (SSSR count). The van der Waals surface area contributed by atoms with Crippen LogP contribution in [0.4, 0.5) is 0 Å². The van der Waals surface area contributed by atoms with E-state index in [0.29, 0.717) is 41.6 Å². The van der Waals surface area contributed by atoms with Crippen molar-refractivity contribution in [1.82, 2.24) is 10.2 Å². The molecule has 1 aromatic rings. The standard InChI is InChI=1S/C21H24Cl2N2O2/c1-3-16(9-12-17(22)4-2)21(27)25-13-5-6-19(25)20(26)24-14-15-7-10-18(23)11-8-15/h4,7-12,19H,2-3,5-6,13-14H2,1H3,(H,24,26)/b16-9+,17-12+. The van der Waals surface area contributed by atoms with Crippen LogP contribution in [0.3, 0.4) is 0 Å². The van der Waals surface area contributed by atoms with Crippen molar-refractivity contribution in [1.29, 1.82) is 0 Å². The number of allylic oxidation sites excluding steroid dienone is 4. The molecule has 0 spiro atoms. The number of hydrogen-bond donors (Lipinski definition) is 1. The third-order valence-electron chi connectivity index (χ3n) is 4.49. The number of nitrogens with zero attached hydrogens (tertiary/aromatic N) is 1. The Labute approximate surface area is 170 Å². The number of benzene rings is 1. The summed E-state index contributed by atoms with van der Waals surface area (Å²) in [5.74, 6) is -0.252. The predicted molar refractivity (Wildman–Crippen MR) is 111 cm³/mol. The Morgan fingerprint density at radius 1 is 1.30 bits per heavy atom. The van der Waals surface area contributed by atoms with Crippen molar-refractivity contribution in [3.8, 4) is 0 Å². The topological polar surface area (TPSA) is 49.4 Å². The summed E-state index contributed by atoms with van der Waals surface area (Å²) in [5, 5.41) is 4.04. The largest absolute Gasteiger partial charge is 0.350 e. The maximum atomic E-state index is 12.9. The second-order valence-corrected chi connectivity index (χ2v) is 7.17. The Balaban J connectivity index is 2.03. The number of halogens is 2. The molecule has 1 saturated heterocycles. The first-order valence-electron chi connectivity index (χ1n) is 8.98. The number of nitrogens with one attached hydrogen (secondary N) is 1. The maximum absolute atomic E-state index is 12.9. The van der Waals surface area contributed by atoms with E-state index in [9.17, 15) is 9.59 Å². The molecule has 0 aliphatic carbocycles. The molecule has 6 heteroatoms. The lowest BCUT2D eigenvalue weighted by atomic mass is 10.1. The zero-order valence-electron chi connectivity index (χ0n) is 15.4. The first-order chi connectivity index (χ1) is 13.0. The van der Waals surface area contributed by atoms with E-state index in [1.165, 1.54) is 6.08 Å². The Kier molecular flexibility index (Phi) is 8.14. The first kappa shape index (κ1) is 21.3. The van der Waals surface area contributed by atoms with Gasteiger partial charge < -0.3 is 10.2 Å². The summed E-state index contributed by atoms with van der Waals surface area (Å²) >= 11 is 11.8. The third-order valence-corrected chi connectivity index (χ3v) is 5.02. The maximum Gasteiger partial charge on any atom is 0.250 e. The highest BCUT2D eigenvalue weighted by atomic mass is 35.5. The second-order valence-electron chi connectivity index (χ2n) is 6.30. The SMILES string of the molecule is C=C/C(Cl)=C\C=C(/CC)C(=O)N1CCCC1C(=O)NCc1ccc(Cl)cc1. The fraction of sp³-hybridized carbons (Fsp3) is 0.333. The zero-order chi connectivity index (χ0) is 19.8. The van der Waals surface area contributed by atoms with Crippen molar-refractivity contribution in [2.75, 3.05) is 6.54 Å². The van der Waals surface area contributed by atoms with Gasteiger partial charge >= 0.3 is 0 Å². The normalized spacial score (nSPS) is 17.7. The van der Waals surface area contributed by atoms with Gasteiger partial charge in [-0.05, 0) is 43.0 Å². The summed E-state index contributed by atoms with van der Waals surface area (Å²) in [6.07, 6.45) is 6.90. The average molecular weight is 407 g/mol. The number of rotatable bonds is 7. The zero-order valence-corrected chi connectivity index (χ0v) is 16.9. The monoisotopic (exact) mass is 406 g/mol. The third kappa shape index (κ3) is 5.98. The number of carbonyl (C=O) groups is 2.